The number of furan rings is 1. The molecule has 9 nitrogen and oxygen atoms in total. The summed E-state index contributed by atoms with van der Waals surface area (Å²) in [5, 5.41) is 11.8. The van der Waals surface area contributed by atoms with Crippen LogP contribution in [0.5, 0.6) is 0 Å². The van der Waals surface area contributed by atoms with Crippen molar-refractivity contribution in [2.75, 3.05) is 39.8 Å². The highest BCUT2D eigenvalue weighted by molar-refractivity contribution is 14.0. The molecular formula is C19H24IN7O2. The molecule has 0 radical (unpaired) electrons. The fraction of sp³-hybridized carbons (Fsp3) is 0.368. The van der Waals surface area contributed by atoms with Crippen molar-refractivity contribution in [1.82, 2.24) is 29.7 Å². The normalized spacial score (nSPS) is 14.7. The molecule has 3 aromatic heterocycles. The molecule has 1 aliphatic heterocycles. The van der Waals surface area contributed by atoms with E-state index in [2.05, 4.69) is 25.4 Å². The van der Waals surface area contributed by atoms with E-state index in [1.165, 1.54) is 6.26 Å². The maximum absolute atomic E-state index is 12.4. The van der Waals surface area contributed by atoms with E-state index in [1.54, 1.807) is 19.2 Å². The Hall–Kier alpha value is -2.63. The van der Waals surface area contributed by atoms with Crippen LogP contribution in [0.4, 0.5) is 0 Å². The molecule has 0 unspecified atom stereocenters. The summed E-state index contributed by atoms with van der Waals surface area (Å²) in [4.78, 5) is 20.7. The molecular weight excluding hydrogens is 485 g/mol. The second kappa shape index (κ2) is 9.72. The largest absolute Gasteiger partial charge is 0.459 e. The Morgan fingerprint density at radius 1 is 1.14 bits per heavy atom. The fourth-order valence-corrected chi connectivity index (χ4v) is 3.36. The number of rotatable bonds is 4. The smallest absolute Gasteiger partial charge is 0.289 e. The number of carbonyl (C=O) groups excluding carboxylic acids is 1. The van der Waals surface area contributed by atoms with Crippen molar-refractivity contribution in [3.63, 3.8) is 0 Å². The number of carbonyl (C=O) groups is 1. The first kappa shape index (κ1) is 21.1. The third-order valence-electron chi connectivity index (χ3n) is 4.83. The zero-order chi connectivity index (χ0) is 19.3. The van der Waals surface area contributed by atoms with Gasteiger partial charge in [-0.15, -0.1) is 34.2 Å². The van der Waals surface area contributed by atoms with Gasteiger partial charge in [0.05, 0.1) is 6.26 Å². The van der Waals surface area contributed by atoms with Crippen molar-refractivity contribution in [2.24, 2.45) is 4.99 Å². The topological polar surface area (TPSA) is 91.3 Å². The molecule has 1 saturated heterocycles. The molecule has 0 aromatic carbocycles. The summed E-state index contributed by atoms with van der Waals surface area (Å²) in [6, 6.07) is 9.28. The van der Waals surface area contributed by atoms with Crippen LogP contribution in [0, 0.1) is 0 Å². The average molecular weight is 509 g/mol. The van der Waals surface area contributed by atoms with Crippen LogP contribution in [0.15, 0.2) is 52.2 Å². The number of nitrogens with zero attached hydrogens (tertiary/aromatic N) is 6. The summed E-state index contributed by atoms with van der Waals surface area (Å²) in [6.07, 6.45) is 4.23. The summed E-state index contributed by atoms with van der Waals surface area (Å²) in [7, 11) is 1.77. The van der Waals surface area contributed by atoms with Gasteiger partial charge in [0, 0.05) is 52.4 Å². The van der Waals surface area contributed by atoms with E-state index in [1.807, 2.05) is 33.7 Å². The van der Waals surface area contributed by atoms with Gasteiger partial charge < -0.3 is 19.5 Å². The van der Waals surface area contributed by atoms with Crippen molar-refractivity contribution in [1.29, 1.82) is 0 Å². The zero-order valence-corrected chi connectivity index (χ0v) is 18.5. The van der Waals surface area contributed by atoms with Crippen LogP contribution in [-0.4, -0.2) is 76.0 Å². The molecule has 10 heteroatoms. The van der Waals surface area contributed by atoms with E-state index in [0.29, 0.717) is 25.4 Å². The van der Waals surface area contributed by atoms with Crippen LogP contribution in [0.25, 0.3) is 5.65 Å². The SMILES string of the molecule is CN=C(NCCc1nnc2ccccn12)N1CCN(C(=O)c2ccco2)CC1.I. The highest BCUT2D eigenvalue weighted by Crippen LogP contribution is 2.09. The van der Waals surface area contributed by atoms with Gasteiger partial charge in [-0.25, -0.2) is 0 Å². The highest BCUT2D eigenvalue weighted by Gasteiger charge is 2.25. The molecule has 0 aliphatic carbocycles. The molecule has 3 aromatic rings. The van der Waals surface area contributed by atoms with Gasteiger partial charge >= 0.3 is 0 Å². The highest BCUT2D eigenvalue weighted by atomic mass is 127. The lowest BCUT2D eigenvalue weighted by Crippen LogP contribution is -2.54. The zero-order valence-electron chi connectivity index (χ0n) is 16.2. The molecule has 4 heterocycles. The molecule has 1 N–H and O–H groups in total. The second-order valence-corrected chi connectivity index (χ2v) is 6.53. The average Bonchev–Trinajstić information content (AvgIpc) is 3.41. The number of fused-ring (bicyclic) bond motifs is 1. The molecule has 1 amide bonds. The molecule has 4 rings (SSSR count). The van der Waals surface area contributed by atoms with Crippen LogP contribution >= 0.6 is 24.0 Å². The third kappa shape index (κ3) is 4.69. The molecule has 0 spiro atoms. The van der Waals surface area contributed by atoms with E-state index < -0.39 is 0 Å². The summed E-state index contributed by atoms with van der Waals surface area (Å²) >= 11 is 0. The minimum atomic E-state index is -0.0636. The lowest BCUT2D eigenvalue weighted by atomic mass is 10.3. The summed E-state index contributed by atoms with van der Waals surface area (Å²) in [6.45, 7) is 3.41. The number of aromatic nitrogens is 3. The third-order valence-corrected chi connectivity index (χ3v) is 4.83. The molecule has 0 atom stereocenters. The van der Waals surface area contributed by atoms with Crippen LogP contribution in [0.2, 0.25) is 0 Å². The van der Waals surface area contributed by atoms with Crippen LogP contribution in [0.1, 0.15) is 16.4 Å². The number of hydrogen-bond acceptors (Lipinski definition) is 5. The van der Waals surface area contributed by atoms with Gasteiger partial charge in [-0.2, -0.15) is 0 Å². The Kier molecular flexibility index (Phi) is 7.07. The minimum Gasteiger partial charge on any atom is -0.459 e. The molecule has 1 fully saturated rings. The Morgan fingerprint density at radius 3 is 2.66 bits per heavy atom. The quantitative estimate of drug-likeness (QED) is 0.326. The Labute approximate surface area is 185 Å². The monoisotopic (exact) mass is 509 g/mol. The second-order valence-electron chi connectivity index (χ2n) is 6.53. The van der Waals surface area contributed by atoms with Crippen LogP contribution in [-0.2, 0) is 6.42 Å². The fourth-order valence-electron chi connectivity index (χ4n) is 3.36. The maximum atomic E-state index is 12.4. The van der Waals surface area contributed by atoms with Crippen molar-refractivity contribution >= 4 is 41.5 Å². The number of guanidine groups is 1. The first-order valence-electron chi connectivity index (χ1n) is 9.33. The Bertz CT molecular complexity index is 962. The van der Waals surface area contributed by atoms with Gasteiger partial charge in [0.25, 0.3) is 5.91 Å². The van der Waals surface area contributed by atoms with E-state index >= 15 is 0 Å². The van der Waals surface area contributed by atoms with Gasteiger partial charge in [-0.3, -0.25) is 14.2 Å². The number of amides is 1. The summed E-state index contributed by atoms with van der Waals surface area (Å²) in [5.74, 6) is 2.06. The maximum Gasteiger partial charge on any atom is 0.289 e. The standard InChI is InChI=1S/C19H23N7O2.HI/c1-20-19(21-8-7-17-23-22-16-6-2-3-9-26(16)17)25-12-10-24(11-13-25)18(27)15-5-4-14-28-15;/h2-6,9,14H,7-8,10-13H2,1H3,(H,20,21);1H. The number of nitrogens with one attached hydrogen (secondary N) is 1. The Balaban J connectivity index is 0.00000240. The minimum absolute atomic E-state index is 0. The molecule has 154 valence electrons. The van der Waals surface area contributed by atoms with Crippen molar-refractivity contribution < 1.29 is 9.21 Å². The number of piperazine rings is 1. The first-order valence-corrected chi connectivity index (χ1v) is 9.33. The van der Waals surface area contributed by atoms with Gasteiger partial charge in [-0.1, -0.05) is 6.07 Å². The number of pyridine rings is 1. The predicted octanol–water partition coefficient (Wildman–Crippen LogP) is 1.52. The van der Waals surface area contributed by atoms with Gasteiger partial charge in [0.2, 0.25) is 0 Å². The predicted molar refractivity (Wildman–Crippen MR) is 120 cm³/mol. The molecule has 0 saturated carbocycles. The number of aliphatic imine (C=N–C) groups is 1. The van der Waals surface area contributed by atoms with E-state index in [9.17, 15) is 4.79 Å². The molecule has 1 aliphatic rings. The summed E-state index contributed by atoms with van der Waals surface area (Å²) in [5.41, 5.74) is 0.847. The van der Waals surface area contributed by atoms with Crippen LogP contribution in [0.3, 0.4) is 0 Å². The molecule has 0 bridgehead atoms. The Morgan fingerprint density at radius 2 is 1.93 bits per heavy atom. The van der Waals surface area contributed by atoms with Gasteiger partial charge in [0.1, 0.15) is 5.82 Å². The van der Waals surface area contributed by atoms with E-state index in [0.717, 1.165) is 36.9 Å². The van der Waals surface area contributed by atoms with Crippen molar-refractivity contribution in [3.8, 4) is 0 Å². The molecule has 29 heavy (non-hydrogen) atoms. The van der Waals surface area contributed by atoms with E-state index in [-0.39, 0.29) is 29.9 Å². The first-order chi connectivity index (χ1) is 13.8. The van der Waals surface area contributed by atoms with E-state index in [4.69, 9.17) is 4.42 Å². The van der Waals surface area contributed by atoms with Crippen molar-refractivity contribution in [2.45, 2.75) is 6.42 Å². The van der Waals surface area contributed by atoms with Crippen LogP contribution < -0.4 is 5.32 Å². The lowest BCUT2D eigenvalue weighted by molar-refractivity contribution is 0.0658. The van der Waals surface area contributed by atoms with Gasteiger partial charge in [-0.05, 0) is 24.3 Å². The number of hydrogen-bond donors (Lipinski definition) is 1. The lowest BCUT2D eigenvalue weighted by Gasteiger charge is -2.36. The number of halogens is 1. The summed E-state index contributed by atoms with van der Waals surface area (Å²) < 4.78 is 7.20. The van der Waals surface area contributed by atoms with Crippen molar-refractivity contribution in [3.05, 3.63) is 54.4 Å². The van der Waals surface area contributed by atoms with Gasteiger partial charge in [0.15, 0.2) is 17.4 Å².